The molecule has 0 radical (unpaired) electrons. The monoisotopic (exact) mass is 370 g/mol. The van der Waals surface area contributed by atoms with Crippen molar-refractivity contribution in [1.82, 2.24) is 0 Å². The van der Waals surface area contributed by atoms with Gasteiger partial charge in [0.15, 0.2) is 0 Å². The summed E-state index contributed by atoms with van der Waals surface area (Å²) in [5.41, 5.74) is 2.67. The Morgan fingerprint density at radius 2 is 1.52 bits per heavy atom. The second-order valence-corrected chi connectivity index (χ2v) is 8.88. The summed E-state index contributed by atoms with van der Waals surface area (Å²) in [5.74, 6) is 1.82. The van der Waals surface area contributed by atoms with Crippen LogP contribution in [0.25, 0.3) is 0 Å². The van der Waals surface area contributed by atoms with Crippen molar-refractivity contribution >= 4 is 5.97 Å². The van der Waals surface area contributed by atoms with Crippen molar-refractivity contribution in [2.75, 3.05) is 0 Å². The summed E-state index contributed by atoms with van der Waals surface area (Å²) in [6.07, 6.45) is 15.0. The number of unbranched alkanes of at least 4 members (excludes halogenated alkanes) is 3. The largest absolute Gasteiger partial charge is 0.457 e. The van der Waals surface area contributed by atoms with Crippen LogP contribution in [0.5, 0.6) is 0 Å². The van der Waals surface area contributed by atoms with E-state index in [4.69, 9.17) is 4.74 Å². The first-order chi connectivity index (χ1) is 13.2. The van der Waals surface area contributed by atoms with E-state index in [0.717, 1.165) is 31.1 Å². The molecule has 2 heteroatoms. The third-order valence-electron chi connectivity index (χ3n) is 6.84. The summed E-state index contributed by atoms with van der Waals surface area (Å²) in [7, 11) is 0. The molecule has 0 amide bonds. The first-order valence-corrected chi connectivity index (χ1v) is 11.5. The van der Waals surface area contributed by atoms with Gasteiger partial charge in [0.1, 0.15) is 6.10 Å². The summed E-state index contributed by atoms with van der Waals surface area (Å²) >= 11 is 0. The molecular formula is C25H38O2. The predicted octanol–water partition coefficient (Wildman–Crippen LogP) is 7.34. The Balaban J connectivity index is 1.50. The van der Waals surface area contributed by atoms with Crippen molar-refractivity contribution in [2.45, 2.75) is 103 Å². The molecule has 2 fully saturated rings. The lowest BCUT2D eigenvalue weighted by Gasteiger charge is -2.29. The van der Waals surface area contributed by atoms with Crippen LogP contribution in [0.3, 0.4) is 0 Å². The van der Waals surface area contributed by atoms with Gasteiger partial charge in [-0.3, -0.25) is 4.79 Å². The SMILES string of the molecule is CCCCCC1CC(c2ccc(C3CCC(CCCC)CC3)cc2)OC1=O. The van der Waals surface area contributed by atoms with E-state index in [1.54, 1.807) is 0 Å². The average Bonchev–Trinajstić information content (AvgIpc) is 3.08. The molecule has 0 aromatic heterocycles. The molecule has 1 aliphatic heterocycles. The molecule has 0 bridgehead atoms. The van der Waals surface area contributed by atoms with Crippen LogP contribution in [-0.4, -0.2) is 5.97 Å². The van der Waals surface area contributed by atoms with Crippen LogP contribution in [0.15, 0.2) is 24.3 Å². The number of cyclic esters (lactones) is 1. The number of esters is 1. The molecule has 2 unspecified atom stereocenters. The minimum Gasteiger partial charge on any atom is -0.457 e. The molecule has 1 aromatic rings. The first-order valence-electron chi connectivity index (χ1n) is 11.5. The van der Waals surface area contributed by atoms with E-state index in [2.05, 4.69) is 38.1 Å². The third-order valence-corrected chi connectivity index (χ3v) is 6.84. The lowest BCUT2D eigenvalue weighted by atomic mass is 9.77. The average molecular weight is 371 g/mol. The zero-order chi connectivity index (χ0) is 19.1. The molecular weight excluding hydrogens is 332 g/mol. The molecule has 0 spiro atoms. The Morgan fingerprint density at radius 1 is 0.852 bits per heavy atom. The van der Waals surface area contributed by atoms with Crippen LogP contribution >= 0.6 is 0 Å². The second kappa shape index (κ2) is 10.3. The molecule has 1 saturated heterocycles. The number of carbonyl (C=O) groups excluding carboxylic acids is 1. The Morgan fingerprint density at radius 3 is 2.19 bits per heavy atom. The number of benzene rings is 1. The van der Waals surface area contributed by atoms with Crippen LogP contribution in [0.2, 0.25) is 0 Å². The molecule has 1 heterocycles. The maximum Gasteiger partial charge on any atom is 0.309 e. The van der Waals surface area contributed by atoms with Gasteiger partial charge >= 0.3 is 5.97 Å². The van der Waals surface area contributed by atoms with E-state index in [-0.39, 0.29) is 18.0 Å². The molecule has 2 atom stereocenters. The van der Waals surface area contributed by atoms with Crippen LogP contribution in [0.1, 0.15) is 114 Å². The van der Waals surface area contributed by atoms with Crippen LogP contribution in [0.4, 0.5) is 0 Å². The van der Waals surface area contributed by atoms with Gasteiger partial charge in [-0.15, -0.1) is 0 Å². The fourth-order valence-electron chi connectivity index (χ4n) is 4.98. The molecule has 2 nitrogen and oxygen atoms in total. The molecule has 27 heavy (non-hydrogen) atoms. The van der Waals surface area contributed by atoms with Gasteiger partial charge < -0.3 is 4.74 Å². The summed E-state index contributed by atoms with van der Waals surface area (Å²) in [6, 6.07) is 9.02. The fourth-order valence-corrected chi connectivity index (χ4v) is 4.98. The smallest absolute Gasteiger partial charge is 0.309 e. The third kappa shape index (κ3) is 5.59. The van der Waals surface area contributed by atoms with Crippen LogP contribution < -0.4 is 0 Å². The van der Waals surface area contributed by atoms with Crippen molar-refractivity contribution < 1.29 is 9.53 Å². The quantitative estimate of drug-likeness (QED) is 0.336. The Bertz CT molecular complexity index is 568. The van der Waals surface area contributed by atoms with Crippen molar-refractivity contribution in [3.05, 3.63) is 35.4 Å². The summed E-state index contributed by atoms with van der Waals surface area (Å²) < 4.78 is 5.69. The molecule has 0 N–H and O–H groups in total. The number of hydrogen-bond acceptors (Lipinski definition) is 2. The Kier molecular flexibility index (Phi) is 7.79. The van der Waals surface area contributed by atoms with Crippen molar-refractivity contribution in [1.29, 1.82) is 0 Å². The van der Waals surface area contributed by atoms with E-state index in [1.807, 2.05) is 0 Å². The van der Waals surface area contributed by atoms with Gasteiger partial charge in [0.2, 0.25) is 0 Å². The van der Waals surface area contributed by atoms with Gasteiger partial charge in [-0.2, -0.15) is 0 Å². The van der Waals surface area contributed by atoms with Gasteiger partial charge in [0.25, 0.3) is 0 Å². The second-order valence-electron chi connectivity index (χ2n) is 8.88. The summed E-state index contributed by atoms with van der Waals surface area (Å²) in [4.78, 5) is 12.1. The molecule has 2 aliphatic rings. The van der Waals surface area contributed by atoms with Gasteiger partial charge in [-0.05, 0) is 55.1 Å². The maximum atomic E-state index is 12.1. The fraction of sp³-hybridized carbons (Fsp3) is 0.720. The van der Waals surface area contributed by atoms with E-state index in [9.17, 15) is 4.79 Å². The standard InChI is InChI=1S/C25H38O2/c1-3-5-7-9-23-18-24(27-25(23)26)22-16-14-21(15-17-22)20-12-10-19(11-13-20)8-6-4-2/h14-17,19-20,23-24H,3-13,18H2,1-2H3. The van der Waals surface area contributed by atoms with Crippen LogP contribution in [0, 0.1) is 11.8 Å². The van der Waals surface area contributed by atoms with E-state index in [1.165, 1.54) is 68.9 Å². The Hall–Kier alpha value is -1.31. The van der Waals surface area contributed by atoms with E-state index >= 15 is 0 Å². The highest BCUT2D eigenvalue weighted by atomic mass is 16.5. The lowest BCUT2D eigenvalue weighted by Crippen LogP contribution is -2.13. The van der Waals surface area contributed by atoms with Gasteiger partial charge in [0, 0.05) is 6.42 Å². The molecule has 1 saturated carbocycles. The van der Waals surface area contributed by atoms with E-state index < -0.39 is 0 Å². The van der Waals surface area contributed by atoms with E-state index in [0.29, 0.717) is 0 Å². The van der Waals surface area contributed by atoms with Crippen molar-refractivity contribution in [3.8, 4) is 0 Å². The highest BCUT2D eigenvalue weighted by molar-refractivity contribution is 5.74. The molecule has 1 aliphatic carbocycles. The van der Waals surface area contributed by atoms with Gasteiger partial charge in [0.05, 0.1) is 5.92 Å². The molecule has 150 valence electrons. The maximum absolute atomic E-state index is 12.1. The highest BCUT2D eigenvalue weighted by Gasteiger charge is 2.34. The minimum absolute atomic E-state index is 0.0191. The van der Waals surface area contributed by atoms with Gasteiger partial charge in [-0.1, -0.05) is 76.6 Å². The van der Waals surface area contributed by atoms with Crippen LogP contribution in [-0.2, 0) is 9.53 Å². The molecule has 1 aromatic carbocycles. The zero-order valence-corrected chi connectivity index (χ0v) is 17.4. The summed E-state index contributed by atoms with van der Waals surface area (Å²) in [6.45, 7) is 4.50. The number of hydrogen-bond donors (Lipinski definition) is 0. The van der Waals surface area contributed by atoms with Crippen molar-refractivity contribution in [3.63, 3.8) is 0 Å². The van der Waals surface area contributed by atoms with Gasteiger partial charge in [-0.25, -0.2) is 0 Å². The zero-order valence-electron chi connectivity index (χ0n) is 17.4. The lowest BCUT2D eigenvalue weighted by molar-refractivity contribution is -0.144. The summed E-state index contributed by atoms with van der Waals surface area (Å²) in [5, 5.41) is 0. The van der Waals surface area contributed by atoms with Crippen molar-refractivity contribution in [2.24, 2.45) is 11.8 Å². The molecule has 3 rings (SSSR count). The topological polar surface area (TPSA) is 26.3 Å². The highest BCUT2D eigenvalue weighted by Crippen LogP contribution is 2.39. The predicted molar refractivity (Wildman–Crippen MR) is 112 cm³/mol. The minimum atomic E-state index is -0.0250. The number of rotatable bonds is 9. The number of carbonyl (C=O) groups is 1. The number of ether oxygens (including phenoxy) is 1. The normalized spacial score (nSPS) is 28.3. The first kappa shape index (κ1) is 20.4. The Labute approximate surface area is 166 Å².